The van der Waals surface area contributed by atoms with Gasteiger partial charge in [-0.25, -0.2) is 4.79 Å². The zero-order valence-electron chi connectivity index (χ0n) is 21.4. The lowest BCUT2D eigenvalue weighted by Gasteiger charge is -2.34. The molecule has 3 rings (SSSR count). The van der Waals surface area contributed by atoms with Gasteiger partial charge in [0.15, 0.2) is 0 Å². The number of piperidine rings is 1. The maximum absolute atomic E-state index is 13.1. The topological polar surface area (TPSA) is 127 Å². The van der Waals surface area contributed by atoms with Crippen LogP contribution in [0.3, 0.4) is 0 Å². The van der Waals surface area contributed by atoms with Crippen LogP contribution in [0.25, 0.3) is 0 Å². The number of pyridine rings is 1. The van der Waals surface area contributed by atoms with Crippen LogP contribution in [0.2, 0.25) is 0 Å². The highest BCUT2D eigenvalue weighted by Gasteiger charge is 2.27. The van der Waals surface area contributed by atoms with Crippen molar-refractivity contribution in [2.75, 3.05) is 18.4 Å². The number of nitrogens with zero attached hydrogens (tertiary/aromatic N) is 1. The minimum Gasteiger partial charge on any atom is -0.444 e. The monoisotopic (exact) mass is 559 g/mol. The normalized spacial score (nSPS) is 14.3. The maximum Gasteiger partial charge on any atom is 0.410 e. The number of ether oxygens (including phenoxy) is 1. The summed E-state index contributed by atoms with van der Waals surface area (Å²) in [7, 11) is 0. The number of anilines is 1. The highest BCUT2D eigenvalue weighted by atomic mass is 79.9. The van der Waals surface area contributed by atoms with E-state index in [1.807, 2.05) is 46.8 Å². The number of hydrogen-bond acceptors (Lipinski definition) is 6. The maximum atomic E-state index is 13.1. The van der Waals surface area contributed by atoms with Crippen LogP contribution in [0, 0.1) is 19.3 Å². The lowest BCUT2D eigenvalue weighted by atomic mass is 10.0. The van der Waals surface area contributed by atoms with Gasteiger partial charge in [-0.3, -0.25) is 9.59 Å². The first-order chi connectivity index (χ1) is 16.9. The quantitative estimate of drug-likeness (QED) is 0.387. The first-order valence-corrected chi connectivity index (χ1v) is 12.7. The third kappa shape index (κ3) is 6.96. The molecule has 1 fully saturated rings. The molecule has 10 heteroatoms. The molecule has 194 valence electrons. The van der Waals surface area contributed by atoms with Gasteiger partial charge in [0.1, 0.15) is 5.60 Å². The minimum absolute atomic E-state index is 0.0707. The smallest absolute Gasteiger partial charge is 0.410 e. The Labute approximate surface area is 219 Å². The van der Waals surface area contributed by atoms with Gasteiger partial charge in [0.25, 0.3) is 11.5 Å². The van der Waals surface area contributed by atoms with Gasteiger partial charge in [-0.2, -0.15) is 0 Å². The van der Waals surface area contributed by atoms with Gasteiger partial charge >= 0.3 is 6.09 Å². The van der Waals surface area contributed by atoms with Gasteiger partial charge in [0.05, 0.1) is 5.56 Å². The standard InChI is InChI=1S/C26H34BrN5O4/c1-15-10-16(2)30-24(34)21(15)14-29-23(33)19-11-17(27)12-22(20(19)13-28)31-18-6-8-32(9-7-18)25(35)36-26(3,4)5/h10-13,18,28,31H,6-9,14H2,1-5H3,(H,29,33)(H,30,34). The fraction of sp³-hybridized carbons (Fsp3) is 0.462. The Morgan fingerprint density at radius 2 is 1.89 bits per heavy atom. The first kappa shape index (κ1) is 27.4. The fourth-order valence-electron chi connectivity index (χ4n) is 4.20. The predicted octanol–water partition coefficient (Wildman–Crippen LogP) is 4.49. The Morgan fingerprint density at radius 1 is 1.22 bits per heavy atom. The number of aromatic amines is 1. The molecule has 0 spiro atoms. The van der Waals surface area contributed by atoms with Crippen LogP contribution in [0.15, 0.2) is 27.5 Å². The van der Waals surface area contributed by atoms with Gasteiger partial charge in [-0.1, -0.05) is 15.9 Å². The SMILES string of the molecule is Cc1cc(C)c(CNC(=O)c2cc(Br)cc(NC3CCN(C(=O)OC(C)(C)C)CC3)c2C=N)c(=O)[nH]1. The van der Waals surface area contributed by atoms with Crippen LogP contribution >= 0.6 is 15.9 Å². The van der Waals surface area contributed by atoms with E-state index < -0.39 is 5.60 Å². The lowest BCUT2D eigenvalue weighted by Crippen LogP contribution is -2.44. The van der Waals surface area contributed by atoms with Crippen LogP contribution < -0.4 is 16.2 Å². The molecule has 0 bridgehead atoms. The number of aryl methyl sites for hydroxylation is 2. The van der Waals surface area contributed by atoms with Crippen molar-refractivity contribution in [1.29, 1.82) is 5.41 Å². The Balaban J connectivity index is 1.71. The average Bonchev–Trinajstić information content (AvgIpc) is 2.77. The fourth-order valence-corrected chi connectivity index (χ4v) is 4.66. The zero-order chi connectivity index (χ0) is 26.6. The summed E-state index contributed by atoms with van der Waals surface area (Å²) in [5.41, 5.74) is 2.74. The summed E-state index contributed by atoms with van der Waals surface area (Å²) in [6.45, 7) is 10.4. The van der Waals surface area contributed by atoms with Crippen molar-refractivity contribution >= 4 is 39.8 Å². The minimum atomic E-state index is -0.538. The van der Waals surface area contributed by atoms with Gasteiger partial charge in [-0.05, 0) is 71.2 Å². The van der Waals surface area contributed by atoms with E-state index in [4.69, 9.17) is 10.1 Å². The van der Waals surface area contributed by atoms with Gasteiger partial charge in [0.2, 0.25) is 0 Å². The van der Waals surface area contributed by atoms with E-state index in [1.165, 1.54) is 0 Å². The van der Waals surface area contributed by atoms with E-state index in [2.05, 4.69) is 31.5 Å². The largest absolute Gasteiger partial charge is 0.444 e. The van der Waals surface area contributed by atoms with Crippen LogP contribution in [0.5, 0.6) is 0 Å². The molecule has 0 aliphatic carbocycles. The van der Waals surface area contributed by atoms with Gasteiger partial charge in [-0.15, -0.1) is 0 Å². The number of nitrogens with one attached hydrogen (secondary N) is 4. The number of aromatic nitrogens is 1. The second kappa shape index (κ2) is 11.3. The van der Waals surface area contributed by atoms with Crippen molar-refractivity contribution in [3.8, 4) is 0 Å². The molecule has 2 heterocycles. The van der Waals surface area contributed by atoms with E-state index in [0.717, 1.165) is 17.5 Å². The lowest BCUT2D eigenvalue weighted by molar-refractivity contribution is 0.0210. The Bertz CT molecular complexity index is 1210. The molecule has 2 aromatic rings. The Kier molecular flexibility index (Phi) is 8.60. The number of carbonyl (C=O) groups is 2. The summed E-state index contributed by atoms with van der Waals surface area (Å²) in [6.07, 6.45) is 2.26. The van der Waals surface area contributed by atoms with Gasteiger partial charge in [0, 0.05) is 58.9 Å². The third-order valence-corrected chi connectivity index (χ3v) is 6.42. The highest BCUT2D eigenvalue weighted by molar-refractivity contribution is 9.10. The molecular formula is C26H34BrN5O4. The van der Waals surface area contributed by atoms with Crippen molar-refractivity contribution < 1.29 is 14.3 Å². The summed E-state index contributed by atoms with van der Waals surface area (Å²) >= 11 is 3.47. The zero-order valence-corrected chi connectivity index (χ0v) is 23.0. The van der Waals surface area contributed by atoms with E-state index in [9.17, 15) is 14.4 Å². The second-order valence-electron chi connectivity index (χ2n) is 10.1. The number of rotatable bonds is 6. The van der Waals surface area contributed by atoms with Crippen LogP contribution in [0.4, 0.5) is 10.5 Å². The van der Waals surface area contributed by atoms with E-state index in [0.29, 0.717) is 52.8 Å². The Morgan fingerprint density at radius 3 is 2.47 bits per heavy atom. The predicted molar refractivity (Wildman–Crippen MR) is 144 cm³/mol. The first-order valence-electron chi connectivity index (χ1n) is 11.9. The number of benzene rings is 1. The average molecular weight is 560 g/mol. The third-order valence-electron chi connectivity index (χ3n) is 5.96. The molecule has 0 unspecified atom stereocenters. The highest BCUT2D eigenvalue weighted by Crippen LogP contribution is 2.27. The van der Waals surface area contributed by atoms with Crippen molar-refractivity contribution in [2.24, 2.45) is 0 Å². The van der Waals surface area contributed by atoms with Crippen LogP contribution in [-0.4, -0.2) is 52.8 Å². The summed E-state index contributed by atoms with van der Waals surface area (Å²) < 4.78 is 6.16. The molecule has 1 saturated heterocycles. The molecule has 0 saturated carbocycles. The van der Waals surface area contributed by atoms with Crippen LogP contribution in [-0.2, 0) is 11.3 Å². The summed E-state index contributed by atoms with van der Waals surface area (Å²) in [4.78, 5) is 42.2. The van der Waals surface area contributed by atoms with Crippen molar-refractivity contribution in [2.45, 2.75) is 65.6 Å². The van der Waals surface area contributed by atoms with E-state index in [-0.39, 0.29) is 30.1 Å². The molecule has 2 amide bonds. The second-order valence-corrected chi connectivity index (χ2v) is 11.0. The van der Waals surface area contributed by atoms with Crippen molar-refractivity contribution in [3.63, 3.8) is 0 Å². The van der Waals surface area contributed by atoms with Gasteiger partial charge < -0.3 is 30.7 Å². The molecule has 1 aliphatic rings. The molecule has 1 aromatic heterocycles. The molecule has 0 atom stereocenters. The number of amides is 2. The Hall–Kier alpha value is -3.14. The molecule has 1 aliphatic heterocycles. The van der Waals surface area contributed by atoms with Crippen molar-refractivity contribution in [3.05, 3.63) is 61.0 Å². The number of carbonyl (C=O) groups excluding carboxylic acids is 2. The molecule has 1 aromatic carbocycles. The van der Waals surface area contributed by atoms with Crippen LogP contribution in [0.1, 0.15) is 66.4 Å². The number of hydrogen-bond donors (Lipinski definition) is 4. The molecule has 0 radical (unpaired) electrons. The summed E-state index contributed by atoms with van der Waals surface area (Å²) in [5, 5.41) is 14.2. The number of H-pyrrole nitrogens is 1. The van der Waals surface area contributed by atoms with E-state index in [1.54, 1.807) is 11.0 Å². The number of halogens is 1. The molecule has 4 N–H and O–H groups in total. The molecule has 36 heavy (non-hydrogen) atoms. The molecular weight excluding hydrogens is 526 g/mol. The summed E-state index contributed by atoms with van der Waals surface area (Å²) in [5.74, 6) is -0.378. The van der Waals surface area contributed by atoms with E-state index >= 15 is 0 Å². The number of likely N-dealkylation sites (tertiary alicyclic amines) is 1. The summed E-state index contributed by atoms with van der Waals surface area (Å²) in [6, 6.07) is 5.44. The van der Waals surface area contributed by atoms with Crippen molar-refractivity contribution in [1.82, 2.24) is 15.2 Å². The molecule has 9 nitrogen and oxygen atoms in total.